The van der Waals surface area contributed by atoms with Crippen molar-refractivity contribution in [3.8, 4) is 6.07 Å². The van der Waals surface area contributed by atoms with Crippen molar-refractivity contribution >= 4 is 10.0 Å². The third-order valence-corrected chi connectivity index (χ3v) is 3.75. The van der Waals surface area contributed by atoms with Crippen LogP contribution in [-0.4, -0.2) is 26.2 Å². The molecule has 1 atom stereocenters. The zero-order valence-corrected chi connectivity index (χ0v) is 10.2. The van der Waals surface area contributed by atoms with E-state index in [4.69, 9.17) is 10.4 Å². The van der Waals surface area contributed by atoms with Crippen LogP contribution in [0.3, 0.4) is 0 Å². The fourth-order valence-corrected chi connectivity index (χ4v) is 2.48. The molecule has 0 aliphatic heterocycles. The first-order valence-corrected chi connectivity index (χ1v) is 6.57. The van der Waals surface area contributed by atoms with Gasteiger partial charge in [-0.05, 0) is 24.6 Å². The van der Waals surface area contributed by atoms with E-state index in [2.05, 4.69) is 4.72 Å². The molecular weight excluding hydrogens is 240 g/mol. The number of nitrogens with one attached hydrogen (secondary N) is 1. The van der Waals surface area contributed by atoms with E-state index in [0.717, 1.165) is 5.56 Å². The normalized spacial score (nSPS) is 13.0. The molecular formula is C11H14N2O3S. The van der Waals surface area contributed by atoms with Crippen molar-refractivity contribution in [1.82, 2.24) is 4.72 Å². The van der Waals surface area contributed by atoms with Gasteiger partial charge in [-0.3, -0.25) is 0 Å². The Morgan fingerprint density at radius 1 is 1.41 bits per heavy atom. The van der Waals surface area contributed by atoms with Crippen LogP contribution >= 0.6 is 0 Å². The van der Waals surface area contributed by atoms with Crippen molar-refractivity contribution in [3.63, 3.8) is 0 Å². The van der Waals surface area contributed by atoms with Crippen molar-refractivity contribution < 1.29 is 13.5 Å². The van der Waals surface area contributed by atoms with Crippen molar-refractivity contribution in [2.45, 2.75) is 24.3 Å². The second-order valence-corrected chi connectivity index (χ2v) is 5.40. The molecule has 2 N–H and O–H groups in total. The second kappa shape index (κ2) is 5.77. The van der Waals surface area contributed by atoms with Crippen LogP contribution in [0.4, 0.5) is 0 Å². The van der Waals surface area contributed by atoms with Crippen LogP contribution in [0.1, 0.15) is 12.5 Å². The van der Waals surface area contributed by atoms with Crippen LogP contribution in [-0.2, 0) is 16.4 Å². The maximum Gasteiger partial charge on any atom is 0.240 e. The Morgan fingerprint density at radius 2 is 2.00 bits per heavy atom. The minimum Gasteiger partial charge on any atom is -0.395 e. The number of nitriles is 1. The standard InChI is InChI=1S/C11H14N2O3S/c1-9(8-14)13-17(15,16)11-4-2-10(3-5-11)6-7-12/h2-5,9,13-14H,6,8H2,1H3/t9-/m1/s1. The molecule has 0 radical (unpaired) electrons. The first kappa shape index (κ1) is 13.6. The molecule has 0 aliphatic carbocycles. The number of benzene rings is 1. The molecule has 0 saturated carbocycles. The van der Waals surface area contributed by atoms with Gasteiger partial charge in [0.1, 0.15) is 0 Å². The molecule has 92 valence electrons. The lowest BCUT2D eigenvalue weighted by atomic mass is 10.2. The minimum absolute atomic E-state index is 0.125. The van der Waals surface area contributed by atoms with Gasteiger partial charge in [0.15, 0.2) is 0 Å². The first-order valence-electron chi connectivity index (χ1n) is 5.08. The van der Waals surface area contributed by atoms with Crippen LogP contribution in [0.2, 0.25) is 0 Å². The lowest BCUT2D eigenvalue weighted by Gasteiger charge is -2.11. The van der Waals surface area contributed by atoms with E-state index >= 15 is 0 Å². The number of sulfonamides is 1. The van der Waals surface area contributed by atoms with E-state index in [1.807, 2.05) is 6.07 Å². The van der Waals surface area contributed by atoms with Crippen LogP contribution in [0.25, 0.3) is 0 Å². The summed E-state index contributed by atoms with van der Waals surface area (Å²) < 4.78 is 25.9. The molecule has 1 aromatic carbocycles. The lowest BCUT2D eigenvalue weighted by Crippen LogP contribution is -2.34. The highest BCUT2D eigenvalue weighted by Gasteiger charge is 2.16. The minimum atomic E-state index is -3.60. The third-order valence-electron chi connectivity index (χ3n) is 2.15. The van der Waals surface area contributed by atoms with Gasteiger partial charge in [0.25, 0.3) is 0 Å². The molecule has 6 heteroatoms. The average molecular weight is 254 g/mol. The van der Waals surface area contributed by atoms with Gasteiger partial charge in [0.05, 0.1) is 24.0 Å². The SMILES string of the molecule is C[C@H](CO)NS(=O)(=O)c1ccc(CC#N)cc1. The van der Waals surface area contributed by atoms with Gasteiger partial charge < -0.3 is 5.11 Å². The first-order chi connectivity index (χ1) is 7.99. The Morgan fingerprint density at radius 3 is 2.47 bits per heavy atom. The summed E-state index contributed by atoms with van der Waals surface area (Å²) in [4.78, 5) is 0.125. The summed E-state index contributed by atoms with van der Waals surface area (Å²) in [5.41, 5.74) is 0.765. The number of hydrogen-bond donors (Lipinski definition) is 2. The molecule has 0 heterocycles. The van der Waals surface area contributed by atoms with Gasteiger partial charge in [-0.15, -0.1) is 0 Å². The summed E-state index contributed by atoms with van der Waals surface area (Å²) in [6.07, 6.45) is 0.251. The van der Waals surface area contributed by atoms with E-state index in [1.165, 1.54) is 12.1 Å². The Kier molecular flexibility index (Phi) is 4.63. The third kappa shape index (κ3) is 3.82. The number of aliphatic hydroxyl groups excluding tert-OH is 1. The molecule has 0 unspecified atom stereocenters. The zero-order chi connectivity index (χ0) is 12.9. The molecule has 1 rings (SSSR count). The smallest absolute Gasteiger partial charge is 0.240 e. The van der Waals surface area contributed by atoms with Gasteiger partial charge in [-0.2, -0.15) is 5.26 Å². The largest absolute Gasteiger partial charge is 0.395 e. The number of nitrogens with zero attached hydrogens (tertiary/aromatic N) is 1. The summed E-state index contributed by atoms with van der Waals surface area (Å²) in [6.45, 7) is 1.31. The Balaban J connectivity index is 2.89. The van der Waals surface area contributed by atoms with Crippen LogP contribution in [0.5, 0.6) is 0 Å². The zero-order valence-electron chi connectivity index (χ0n) is 9.42. The lowest BCUT2D eigenvalue weighted by molar-refractivity contribution is 0.265. The van der Waals surface area contributed by atoms with E-state index in [-0.39, 0.29) is 17.9 Å². The van der Waals surface area contributed by atoms with E-state index in [9.17, 15) is 8.42 Å². The maximum absolute atomic E-state index is 11.8. The van der Waals surface area contributed by atoms with Crippen LogP contribution < -0.4 is 4.72 Å². The van der Waals surface area contributed by atoms with Crippen molar-refractivity contribution in [2.75, 3.05) is 6.61 Å². The molecule has 0 aromatic heterocycles. The predicted octanol–water partition coefficient (Wildman–Crippen LogP) is 0.412. The van der Waals surface area contributed by atoms with Gasteiger partial charge in [0, 0.05) is 6.04 Å². The number of aliphatic hydroxyl groups is 1. The van der Waals surface area contributed by atoms with E-state index in [0.29, 0.717) is 0 Å². The summed E-state index contributed by atoms with van der Waals surface area (Å²) in [5, 5.41) is 17.3. The Hall–Kier alpha value is -1.42. The van der Waals surface area contributed by atoms with Crippen LogP contribution in [0, 0.1) is 11.3 Å². The molecule has 0 bridgehead atoms. The summed E-state index contributed by atoms with van der Waals surface area (Å²) in [5.74, 6) is 0. The summed E-state index contributed by atoms with van der Waals surface area (Å²) in [6, 6.07) is 7.54. The average Bonchev–Trinajstić information content (AvgIpc) is 2.29. The molecule has 1 aromatic rings. The van der Waals surface area contributed by atoms with Crippen molar-refractivity contribution in [3.05, 3.63) is 29.8 Å². The van der Waals surface area contributed by atoms with E-state index < -0.39 is 16.1 Å². The maximum atomic E-state index is 11.8. The van der Waals surface area contributed by atoms with Gasteiger partial charge in [-0.25, -0.2) is 13.1 Å². The van der Waals surface area contributed by atoms with Gasteiger partial charge in [-0.1, -0.05) is 12.1 Å². The molecule has 0 fully saturated rings. The topological polar surface area (TPSA) is 90.2 Å². The highest BCUT2D eigenvalue weighted by Crippen LogP contribution is 2.11. The highest BCUT2D eigenvalue weighted by molar-refractivity contribution is 7.89. The Bertz CT molecular complexity index is 503. The molecule has 0 amide bonds. The molecule has 0 aliphatic rings. The summed E-state index contributed by atoms with van der Waals surface area (Å²) >= 11 is 0. The van der Waals surface area contributed by atoms with Crippen molar-refractivity contribution in [2.24, 2.45) is 0 Å². The summed E-state index contributed by atoms with van der Waals surface area (Å²) in [7, 11) is -3.60. The van der Waals surface area contributed by atoms with Crippen LogP contribution in [0.15, 0.2) is 29.2 Å². The fraction of sp³-hybridized carbons (Fsp3) is 0.364. The van der Waals surface area contributed by atoms with Gasteiger partial charge >= 0.3 is 0 Å². The van der Waals surface area contributed by atoms with Gasteiger partial charge in [0.2, 0.25) is 10.0 Å². The highest BCUT2D eigenvalue weighted by atomic mass is 32.2. The van der Waals surface area contributed by atoms with E-state index in [1.54, 1.807) is 19.1 Å². The second-order valence-electron chi connectivity index (χ2n) is 3.68. The predicted molar refractivity (Wildman–Crippen MR) is 62.6 cm³/mol. The molecule has 0 spiro atoms. The quantitative estimate of drug-likeness (QED) is 0.796. The van der Waals surface area contributed by atoms with Crippen molar-refractivity contribution in [1.29, 1.82) is 5.26 Å². The molecule has 0 saturated heterocycles. The Labute approximate surface area is 101 Å². The number of rotatable bonds is 5. The monoisotopic (exact) mass is 254 g/mol. The number of hydrogen-bond acceptors (Lipinski definition) is 4. The fourth-order valence-electron chi connectivity index (χ4n) is 1.25. The molecule has 5 nitrogen and oxygen atoms in total. The molecule has 17 heavy (non-hydrogen) atoms.